The van der Waals surface area contributed by atoms with E-state index >= 15 is 0 Å². The summed E-state index contributed by atoms with van der Waals surface area (Å²) in [6.07, 6.45) is 1.34. The van der Waals surface area contributed by atoms with E-state index in [0.29, 0.717) is 30.2 Å². The number of hydrogen-bond acceptors (Lipinski definition) is 8. The predicted molar refractivity (Wildman–Crippen MR) is 95.5 cm³/mol. The molecule has 9 nitrogen and oxygen atoms in total. The molecule has 1 aromatic heterocycles. The molecule has 0 radical (unpaired) electrons. The van der Waals surface area contributed by atoms with Crippen molar-refractivity contribution in [3.8, 4) is 5.75 Å². The third kappa shape index (κ3) is 4.27. The number of nitrogens with two attached hydrogens (primary N) is 1. The van der Waals surface area contributed by atoms with Gasteiger partial charge in [0.05, 0.1) is 19.3 Å². The highest BCUT2D eigenvalue weighted by atomic mass is 16.5. The maximum Gasteiger partial charge on any atom is 0.273 e. The number of nitrogens with zero attached hydrogens (tertiary/aromatic N) is 3. The Bertz CT molecular complexity index is 725. The van der Waals surface area contributed by atoms with Crippen LogP contribution in [0.4, 0.5) is 17.3 Å². The molecule has 0 bridgehead atoms. The summed E-state index contributed by atoms with van der Waals surface area (Å²) in [5.41, 5.74) is 12.0. The van der Waals surface area contributed by atoms with Crippen molar-refractivity contribution in [2.45, 2.75) is 6.92 Å². The molecule has 0 aliphatic carbocycles. The minimum atomic E-state index is -0.389. The first kappa shape index (κ1) is 18.3. The first-order chi connectivity index (χ1) is 12.1. The van der Waals surface area contributed by atoms with Crippen molar-refractivity contribution < 1.29 is 14.6 Å². The Morgan fingerprint density at radius 2 is 2.12 bits per heavy atom. The minimum absolute atomic E-state index is 0.0232. The topological polar surface area (TPSA) is 126 Å². The molecule has 5 N–H and O–H groups in total. The fraction of sp³-hybridized carbons (Fsp3) is 0.312. The molecule has 0 saturated carbocycles. The van der Waals surface area contributed by atoms with Gasteiger partial charge in [-0.25, -0.2) is 9.97 Å². The van der Waals surface area contributed by atoms with Gasteiger partial charge < -0.3 is 20.5 Å². The Morgan fingerprint density at radius 3 is 2.80 bits per heavy atom. The lowest BCUT2D eigenvalue weighted by Gasteiger charge is -2.23. The molecule has 9 heteroatoms. The molecular weight excluding hydrogens is 324 g/mol. The van der Waals surface area contributed by atoms with Crippen LogP contribution in [-0.2, 0) is 0 Å². The van der Waals surface area contributed by atoms with E-state index in [1.54, 1.807) is 24.3 Å². The molecule has 0 unspecified atom stereocenters. The van der Waals surface area contributed by atoms with Crippen LogP contribution in [-0.4, -0.2) is 47.8 Å². The normalized spacial score (nSPS) is 10.2. The van der Waals surface area contributed by atoms with Crippen LogP contribution in [0.2, 0.25) is 0 Å². The van der Waals surface area contributed by atoms with Gasteiger partial charge in [0.25, 0.3) is 5.91 Å². The van der Waals surface area contributed by atoms with E-state index in [9.17, 15) is 4.79 Å². The summed E-state index contributed by atoms with van der Waals surface area (Å²) in [6, 6.07) is 6.85. The van der Waals surface area contributed by atoms with Crippen LogP contribution >= 0.6 is 0 Å². The van der Waals surface area contributed by atoms with E-state index in [-0.39, 0.29) is 24.0 Å². The summed E-state index contributed by atoms with van der Waals surface area (Å²) in [5.74, 6) is 0.822. The highest BCUT2D eigenvalue weighted by molar-refractivity contribution is 5.97. The number of rotatable bonds is 8. The second-order valence-electron chi connectivity index (χ2n) is 5.04. The number of aliphatic hydroxyl groups excluding tert-OH is 1. The van der Waals surface area contributed by atoms with E-state index in [0.717, 1.165) is 0 Å². The number of carbonyl (C=O) groups excluding carboxylic acids is 1. The average molecular weight is 346 g/mol. The molecule has 0 aliphatic heterocycles. The monoisotopic (exact) mass is 346 g/mol. The summed E-state index contributed by atoms with van der Waals surface area (Å²) in [6.45, 7) is 2.91. The average Bonchev–Trinajstić information content (AvgIpc) is 2.65. The predicted octanol–water partition coefficient (Wildman–Crippen LogP) is 0.643. The van der Waals surface area contributed by atoms with E-state index < -0.39 is 0 Å². The number of nitrogens with one attached hydrogen (secondary N) is 2. The van der Waals surface area contributed by atoms with Crippen molar-refractivity contribution >= 4 is 23.2 Å². The van der Waals surface area contributed by atoms with Gasteiger partial charge in [0, 0.05) is 13.1 Å². The molecular formula is C16H22N6O3. The molecule has 134 valence electrons. The first-order valence-electron chi connectivity index (χ1n) is 7.78. The highest BCUT2D eigenvalue weighted by Gasteiger charge is 2.15. The largest absolute Gasteiger partial charge is 0.496 e. The second-order valence-corrected chi connectivity index (χ2v) is 5.04. The maximum atomic E-state index is 12.3. The van der Waals surface area contributed by atoms with Crippen molar-refractivity contribution in [2.75, 3.05) is 42.9 Å². The van der Waals surface area contributed by atoms with Gasteiger partial charge in [0.1, 0.15) is 17.8 Å². The molecule has 1 amide bonds. The number of methoxy groups -OCH3 is 1. The minimum Gasteiger partial charge on any atom is -0.496 e. The van der Waals surface area contributed by atoms with Crippen LogP contribution in [0, 0.1) is 0 Å². The van der Waals surface area contributed by atoms with Crippen molar-refractivity contribution in [2.24, 2.45) is 0 Å². The molecule has 2 aromatic rings. The smallest absolute Gasteiger partial charge is 0.273 e. The van der Waals surface area contributed by atoms with Gasteiger partial charge in [-0.05, 0) is 19.1 Å². The van der Waals surface area contributed by atoms with Crippen LogP contribution < -0.4 is 26.2 Å². The molecule has 1 heterocycles. The Morgan fingerprint density at radius 1 is 1.36 bits per heavy atom. The molecule has 0 atom stereocenters. The van der Waals surface area contributed by atoms with Crippen molar-refractivity contribution in [1.29, 1.82) is 0 Å². The van der Waals surface area contributed by atoms with Crippen molar-refractivity contribution in [3.63, 3.8) is 0 Å². The third-order valence-corrected chi connectivity index (χ3v) is 3.56. The zero-order valence-electron chi connectivity index (χ0n) is 14.2. The SMILES string of the molecule is CCN(CCO)c1ncnc(NNC(=O)c2ccccc2OC)c1N. The number of likely N-dealkylation sites (N-methyl/N-ethyl adjacent to an activating group) is 1. The Hall–Kier alpha value is -3.07. The summed E-state index contributed by atoms with van der Waals surface area (Å²) >= 11 is 0. The quantitative estimate of drug-likeness (QED) is 0.513. The van der Waals surface area contributed by atoms with E-state index in [1.165, 1.54) is 13.4 Å². The molecule has 2 rings (SSSR count). The van der Waals surface area contributed by atoms with Crippen LogP contribution in [0.15, 0.2) is 30.6 Å². The lowest BCUT2D eigenvalue weighted by atomic mass is 10.2. The fourth-order valence-corrected chi connectivity index (χ4v) is 2.29. The second kappa shape index (κ2) is 8.69. The van der Waals surface area contributed by atoms with Gasteiger partial charge in [0.2, 0.25) is 0 Å². The highest BCUT2D eigenvalue weighted by Crippen LogP contribution is 2.25. The summed E-state index contributed by atoms with van der Waals surface area (Å²) in [5, 5.41) is 9.13. The molecule has 0 spiro atoms. The number of amides is 1. The number of benzene rings is 1. The maximum absolute atomic E-state index is 12.3. The van der Waals surface area contributed by atoms with E-state index in [1.807, 2.05) is 11.8 Å². The number of nitrogen functional groups attached to an aromatic ring is 1. The van der Waals surface area contributed by atoms with E-state index in [2.05, 4.69) is 20.8 Å². The summed E-state index contributed by atoms with van der Waals surface area (Å²) in [7, 11) is 1.49. The van der Waals surface area contributed by atoms with Gasteiger partial charge in [-0.2, -0.15) is 0 Å². The van der Waals surface area contributed by atoms with Gasteiger partial charge >= 0.3 is 0 Å². The zero-order chi connectivity index (χ0) is 18.2. The van der Waals surface area contributed by atoms with Gasteiger partial charge in [-0.3, -0.25) is 15.6 Å². The number of aliphatic hydroxyl groups is 1. The molecule has 25 heavy (non-hydrogen) atoms. The Labute approximate surface area is 145 Å². The zero-order valence-corrected chi connectivity index (χ0v) is 14.2. The van der Waals surface area contributed by atoms with Gasteiger partial charge in [-0.15, -0.1) is 0 Å². The van der Waals surface area contributed by atoms with Gasteiger partial charge in [-0.1, -0.05) is 12.1 Å². The molecule has 0 aliphatic rings. The number of hydrazine groups is 1. The van der Waals surface area contributed by atoms with Crippen LogP contribution in [0.3, 0.4) is 0 Å². The molecule has 0 fully saturated rings. The van der Waals surface area contributed by atoms with E-state index in [4.69, 9.17) is 15.6 Å². The van der Waals surface area contributed by atoms with Crippen LogP contribution in [0.25, 0.3) is 0 Å². The molecule has 1 aromatic carbocycles. The van der Waals surface area contributed by atoms with Crippen LogP contribution in [0.1, 0.15) is 17.3 Å². The van der Waals surface area contributed by atoms with Gasteiger partial charge in [0.15, 0.2) is 11.6 Å². The van der Waals surface area contributed by atoms with Crippen molar-refractivity contribution in [1.82, 2.24) is 15.4 Å². The standard InChI is InChI=1S/C16H22N6O3/c1-3-22(8-9-23)15-13(17)14(18-10-19-15)20-21-16(24)11-6-4-5-7-12(11)25-2/h4-7,10,23H,3,8-9,17H2,1-2H3,(H,21,24)(H,18,19,20). The number of hydrogen-bond donors (Lipinski definition) is 4. The summed E-state index contributed by atoms with van der Waals surface area (Å²) < 4.78 is 5.16. The number of para-hydroxylation sites is 1. The number of carbonyl (C=O) groups is 1. The first-order valence-corrected chi connectivity index (χ1v) is 7.78. The molecule has 0 saturated heterocycles. The third-order valence-electron chi connectivity index (χ3n) is 3.56. The number of ether oxygens (including phenoxy) is 1. The Balaban J connectivity index is 2.14. The van der Waals surface area contributed by atoms with Crippen molar-refractivity contribution in [3.05, 3.63) is 36.2 Å². The fourth-order valence-electron chi connectivity index (χ4n) is 2.29. The lowest BCUT2D eigenvalue weighted by molar-refractivity contribution is 0.0959. The van der Waals surface area contributed by atoms with Crippen LogP contribution in [0.5, 0.6) is 5.75 Å². The number of aromatic nitrogens is 2. The Kier molecular flexibility index (Phi) is 6.35. The lowest BCUT2D eigenvalue weighted by Crippen LogP contribution is -2.32. The number of anilines is 3. The summed E-state index contributed by atoms with van der Waals surface area (Å²) in [4.78, 5) is 22.3.